The van der Waals surface area contributed by atoms with Crippen molar-refractivity contribution in [3.63, 3.8) is 0 Å². The van der Waals surface area contributed by atoms with Crippen LogP contribution >= 0.6 is 24.8 Å². The Balaban J connectivity index is 0.00000162. The van der Waals surface area contributed by atoms with Crippen molar-refractivity contribution in [2.24, 2.45) is 0 Å². The fraction of sp³-hybridized carbons (Fsp3) is 0.600. The molecular weight excluding hydrogens is 279 g/mol. The Morgan fingerprint density at radius 2 is 1.74 bits per heavy atom. The van der Waals surface area contributed by atoms with Crippen molar-refractivity contribution in [3.8, 4) is 0 Å². The fourth-order valence-electron chi connectivity index (χ4n) is 2.63. The van der Waals surface area contributed by atoms with Gasteiger partial charge in [-0.3, -0.25) is 4.90 Å². The van der Waals surface area contributed by atoms with Crippen molar-refractivity contribution in [1.29, 1.82) is 0 Å². The van der Waals surface area contributed by atoms with Gasteiger partial charge in [0.1, 0.15) is 0 Å². The van der Waals surface area contributed by atoms with Gasteiger partial charge in [-0.05, 0) is 12.0 Å². The summed E-state index contributed by atoms with van der Waals surface area (Å²) in [5, 5.41) is 3.44. The SMILES string of the molecule is CCCC[C@H](c1ccccc1)N1CCNCC1.Cl.Cl. The van der Waals surface area contributed by atoms with Crippen LogP contribution in [-0.4, -0.2) is 31.1 Å². The highest BCUT2D eigenvalue weighted by atomic mass is 35.5. The zero-order valence-corrected chi connectivity index (χ0v) is 13.3. The molecule has 1 N–H and O–H groups in total. The van der Waals surface area contributed by atoms with E-state index in [1.807, 2.05) is 0 Å². The van der Waals surface area contributed by atoms with Crippen LogP contribution in [0.25, 0.3) is 0 Å². The lowest BCUT2D eigenvalue weighted by Gasteiger charge is -2.35. The quantitative estimate of drug-likeness (QED) is 0.893. The van der Waals surface area contributed by atoms with Crippen LogP contribution < -0.4 is 5.32 Å². The van der Waals surface area contributed by atoms with Crippen LogP contribution in [0.15, 0.2) is 30.3 Å². The van der Waals surface area contributed by atoms with Crippen LogP contribution in [-0.2, 0) is 0 Å². The minimum absolute atomic E-state index is 0. The van der Waals surface area contributed by atoms with Crippen molar-refractivity contribution < 1.29 is 0 Å². The van der Waals surface area contributed by atoms with Gasteiger partial charge < -0.3 is 5.32 Å². The lowest BCUT2D eigenvalue weighted by molar-refractivity contribution is 0.163. The summed E-state index contributed by atoms with van der Waals surface area (Å²) in [6.07, 6.45) is 3.90. The van der Waals surface area contributed by atoms with Gasteiger partial charge in [0.2, 0.25) is 0 Å². The molecule has 2 nitrogen and oxygen atoms in total. The molecule has 0 bridgehead atoms. The summed E-state index contributed by atoms with van der Waals surface area (Å²) in [6.45, 7) is 6.91. The fourth-order valence-corrected chi connectivity index (χ4v) is 2.63. The second-order valence-electron chi connectivity index (χ2n) is 4.85. The van der Waals surface area contributed by atoms with Crippen LogP contribution in [0.4, 0.5) is 0 Å². The van der Waals surface area contributed by atoms with Gasteiger partial charge in [-0.2, -0.15) is 0 Å². The third-order valence-electron chi connectivity index (χ3n) is 3.61. The van der Waals surface area contributed by atoms with Crippen LogP contribution in [0.5, 0.6) is 0 Å². The number of rotatable bonds is 5. The highest BCUT2D eigenvalue weighted by Crippen LogP contribution is 2.26. The van der Waals surface area contributed by atoms with Gasteiger partial charge in [0.25, 0.3) is 0 Å². The van der Waals surface area contributed by atoms with Crippen molar-refractivity contribution >= 4 is 24.8 Å². The van der Waals surface area contributed by atoms with Crippen molar-refractivity contribution in [2.45, 2.75) is 32.2 Å². The normalized spacial score (nSPS) is 17.1. The van der Waals surface area contributed by atoms with Crippen LogP contribution in [0, 0.1) is 0 Å². The van der Waals surface area contributed by atoms with E-state index in [2.05, 4.69) is 47.5 Å². The summed E-state index contributed by atoms with van der Waals surface area (Å²) in [7, 11) is 0. The molecular formula is C15H26Cl2N2. The number of unbranched alkanes of at least 4 members (excludes halogenated alkanes) is 1. The second kappa shape index (κ2) is 10.5. The summed E-state index contributed by atoms with van der Waals surface area (Å²) < 4.78 is 0. The lowest BCUT2D eigenvalue weighted by Crippen LogP contribution is -2.45. The standard InChI is InChI=1S/C15H24N2.2ClH/c1-2-3-9-15(14-7-5-4-6-8-14)17-12-10-16-11-13-17;;/h4-8,15-16H,2-3,9-13H2,1H3;2*1H/t15-;;/m1../s1. The Morgan fingerprint density at radius 3 is 2.32 bits per heavy atom. The molecule has 1 aliphatic rings. The number of hydrogen-bond acceptors (Lipinski definition) is 2. The smallest absolute Gasteiger partial charge is 0.0349 e. The number of nitrogens with zero attached hydrogens (tertiary/aromatic N) is 1. The van der Waals surface area contributed by atoms with E-state index in [-0.39, 0.29) is 24.8 Å². The van der Waals surface area contributed by atoms with Crippen molar-refractivity contribution in [2.75, 3.05) is 26.2 Å². The van der Waals surface area contributed by atoms with Crippen LogP contribution in [0.1, 0.15) is 37.8 Å². The maximum absolute atomic E-state index is 3.44. The van der Waals surface area contributed by atoms with Gasteiger partial charge in [0.05, 0.1) is 0 Å². The third kappa shape index (κ3) is 5.70. The first-order valence-electron chi connectivity index (χ1n) is 6.91. The average Bonchev–Trinajstić information content (AvgIpc) is 2.42. The monoisotopic (exact) mass is 304 g/mol. The van der Waals surface area contributed by atoms with E-state index >= 15 is 0 Å². The Kier molecular flexibility index (Phi) is 10.3. The average molecular weight is 305 g/mol. The van der Waals surface area contributed by atoms with Gasteiger partial charge >= 0.3 is 0 Å². The summed E-state index contributed by atoms with van der Waals surface area (Å²) in [6, 6.07) is 11.6. The molecule has 1 saturated heterocycles. The van der Waals surface area contributed by atoms with Crippen molar-refractivity contribution in [3.05, 3.63) is 35.9 Å². The van der Waals surface area contributed by atoms with Gasteiger partial charge in [-0.1, -0.05) is 50.1 Å². The molecule has 19 heavy (non-hydrogen) atoms. The molecule has 1 atom stereocenters. The van der Waals surface area contributed by atoms with Gasteiger partial charge in [-0.25, -0.2) is 0 Å². The zero-order chi connectivity index (χ0) is 11.9. The molecule has 0 unspecified atom stereocenters. The zero-order valence-electron chi connectivity index (χ0n) is 11.7. The molecule has 110 valence electrons. The molecule has 0 spiro atoms. The van der Waals surface area contributed by atoms with E-state index in [4.69, 9.17) is 0 Å². The first-order chi connectivity index (χ1) is 8.42. The first-order valence-corrected chi connectivity index (χ1v) is 6.91. The summed E-state index contributed by atoms with van der Waals surface area (Å²) in [5.41, 5.74) is 1.49. The van der Waals surface area contributed by atoms with Gasteiger partial charge in [0, 0.05) is 32.2 Å². The Hall–Kier alpha value is -0.280. The Bertz CT molecular complexity index is 313. The summed E-state index contributed by atoms with van der Waals surface area (Å²) in [5.74, 6) is 0. The van der Waals surface area contributed by atoms with Gasteiger partial charge in [-0.15, -0.1) is 24.8 Å². The molecule has 2 rings (SSSR count). The topological polar surface area (TPSA) is 15.3 Å². The highest BCUT2D eigenvalue weighted by Gasteiger charge is 2.21. The minimum Gasteiger partial charge on any atom is -0.314 e. The van der Waals surface area contributed by atoms with Crippen LogP contribution in [0.2, 0.25) is 0 Å². The predicted octanol–water partition coefficient (Wildman–Crippen LogP) is 3.67. The largest absolute Gasteiger partial charge is 0.314 e. The molecule has 1 aromatic carbocycles. The van der Waals surface area contributed by atoms with E-state index in [1.54, 1.807) is 0 Å². The molecule has 4 heteroatoms. The molecule has 0 amide bonds. The number of piperazine rings is 1. The Morgan fingerprint density at radius 1 is 1.11 bits per heavy atom. The Labute approximate surface area is 129 Å². The van der Waals surface area contributed by atoms with E-state index in [9.17, 15) is 0 Å². The van der Waals surface area contributed by atoms with Crippen molar-refractivity contribution in [1.82, 2.24) is 10.2 Å². The highest BCUT2D eigenvalue weighted by molar-refractivity contribution is 5.85. The molecule has 0 aromatic heterocycles. The van der Waals surface area contributed by atoms with E-state index in [0.717, 1.165) is 13.1 Å². The summed E-state index contributed by atoms with van der Waals surface area (Å²) in [4.78, 5) is 2.64. The summed E-state index contributed by atoms with van der Waals surface area (Å²) >= 11 is 0. The lowest BCUT2D eigenvalue weighted by atomic mass is 9.99. The molecule has 0 radical (unpaired) electrons. The number of nitrogens with one attached hydrogen (secondary N) is 1. The molecule has 1 heterocycles. The molecule has 0 saturated carbocycles. The van der Waals surface area contributed by atoms with E-state index in [0.29, 0.717) is 6.04 Å². The molecule has 1 aromatic rings. The van der Waals surface area contributed by atoms with Crippen LogP contribution in [0.3, 0.4) is 0 Å². The number of benzene rings is 1. The number of halogens is 2. The predicted molar refractivity (Wildman–Crippen MR) is 87.6 cm³/mol. The second-order valence-corrected chi connectivity index (χ2v) is 4.85. The maximum Gasteiger partial charge on any atom is 0.0349 e. The molecule has 0 aliphatic carbocycles. The van der Waals surface area contributed by atoms with Gasteiger partial charge in [0.15, 0.2) is 0 Å². The van der Waals surface area contributed by atoms with E-state index < -0.39 is 0 Å². The first kappa shape index (κ1) is 18.7. The third-order valence-corrected chi connectivity index (χ3v) is 3.61. The van der Waals surface area contributed by atoms with E-state index in [1.165, 1.54) is 37.9 Å². The maximum atomic E-state index is 3.44. The minimum atomic E-state index is 0. The number of hydrogen-bond donors (Lipinski definition) is 1. The molecule has 1 aliphatic heterocycles. The molecule has 1 fully saturated rings.